The summed E-state index contributed by atoms with van der Waals surface area (Å²) in [7, 11) is 0. The molecule has 2 rings (SSSR count). The zero-order valence-electron chi connectivity index (χ0n) is 14.2. The van der Waals surface area contributed by atoms with Crippen LogP contribution in [0.4, 0.5) is 10.5 Å². The van der Waals surface area contributed by atoms with E-state index in [1.54, 1.807) is 6.20 Å². The third-order valence-corrected chi connectivity index (χ3v) is 3.93. The highest BCUT2D eigenvalue weighted by Crippen LogP contribution is 2.12. The molecule has 0 saturated carbocycles. The molecule has 0 saturated heterocycles. The van der Waals surface area contributed by atoms with Crippen LogP contribution in [0.2, 0.25) is 0 Å². The normalized spacial score (nSPS) is 12.0. The first kappa shape index (κ1) is 17.9. The summed E-state index contributed by atoms with van der Waals surface area (Å²) < 4.78 is 0. The van der Waals surface area contributed by atoms with E-state index in [2.05, 4.69) is 15.6 Å². The first-order valence-corrected chi connectivity index (χ1v) is 8.25. The van der Waals surface area contributed by atoms with Crippen molar-refractivity contribution in [3.8, 4) is 0 Å². The topological polar surface area (TPSA) is 74.2 Å². The fourth-order valence-electron chi connectivity index (χ4n) is 2.33. The number of amides is 2. The second kappa shape index (κ2) is 9.03. The van der Waals surface area contributed by atoms with E-state index in [0.29, 0.717) is 0 Å². The first-order chi connectivity index (χ1) is 11.6. The molecule has 128 valence electrons. The van der Waals surface area contributed by atoms with Gasteiger partial charge in [0.05, 0.1) is 12.6 Å². The summed E-state index contributed by atoms with van der Waals surface area (Å²) in [5.41, 5.74) is 3.00. The zero-order valence-corrected chi connectivity index (χ0v) is 14.2. The number of urea groups is 1. The van der Waals surface area contributed by atoms with Crippen molar-refractivity contribution in [3.05, 3.63) is 59.9 Å². The average molecular weight is 327 g/mol. The fraction of sp³-hybridized carbons (Fsp3) is 0.368. The molecule has 0 aliphatic heterocycles. The van der Waals surface area contributed by atoms with Crippen LogP contribution in [0.3, 0.4) is 0 Å². The van der Waals surface area contributed by atoms with Crippen molar-refractivity contribution in [2.45, 2.75) is 32.7 Å². The van der Waals surface area contributed by atoms with Crippen LogP contribution in [-0.4, -0.2) is 28.8 Å². The van der Waals surface area contributed by atoms with Crippen molar-refractivity contribution in [2.24, 2.45) is 5.92 Å². The highest BCUT2D eigenvalue weighted by Gasteiger charge is 2.14. The van der Waals surface area contributed by atoms with E-state index in [0.717, 1.165) is 24.2 Å². The average Bonchev–Trinajstić information content (AvgIpc) is 2.59. The maximum absolute atomic E-state index is 11.9. The highest BCUT2D eigenvalue weighted by molar-refractivity contribution is 5.89. The molecular formula is C19H25N3O2. The number of anilines is 1. The molecule has 2 aromatic rings. The smallest absolute Gasteiger partial charge is 0.319 e. The van der Waals surface area contributed by atoms with Gasteiger partial charge in [0.2, 0.25) is 0 Å². The van der Waals surface area contributed by atoms with Crippen molar-refractivity contribution < 1.29 is 9.90 Å². The molecule has 1 unspecified atom stereocenters. The summed E-state index contributed by atoms with van der Waals surface area (Å²) in [5.74, 6) is 0.176. The summed E-state index contributed by atoms with van der Waals surface area (Å²) in [6.07, 6.45) is 3.60. The molecule has 0 fully saturated rings. The number of carbonyl (C=O) groups excluding carboxylic acids is 1. The number of aliphatic hydroxyl groups excluding tert-OH is 1. The summed E-state index contributed by atoms with van der Waals surface area (Å²) in [4.78, 5) is 16.3. The number of aryl methyl sites for hydroxylation is 2. The molecule has 0 bridgehead atoms. The predicted octanol–water partition coefficient (Wildman–Crippen LogP) is 3.01. The molecule has 0 spiro atoms. The number of rotatable bonds is 7. The van der Waals surface area contributed by atoms with E-state index >= 15 is 0 Å². The maximum atomic E-state index is 11.9. The first-order valence-electron chi connectivity index (χ1n) is 8.25. The van der Waals surface area contributed by atoms with Crippen molar-refractivity contribution in [2.75, 3.05) is 11.9 Å². The minimum atomic E-state index is -0.302. The Morgan fingerprint density at radius 2 is 1.88 bits per heavy atom. The van der Waals surface area contributed by atoms with Gasteiger partial charge >= 0.3 is 6.03 Å². The summed E-state index contributed by atoms with van der Waals surface area (Å²) in [6, 6.07) is 13.2. The second-order valence-electron chi connectivity index (χ2n) is 6.15. The van der Waals surface area contributed by atoms with Crippen molar-refractivity contribution in [1.29, 1.82) is 0 Å². The van der Waals surface area contributed by atoms with Crippen molar-refractivity contribution in [3.63, 3.8) is 0 Å². The van der Waals surface area contributed by atoms with E-state index < -0.39 is 0 Å². The SMILES string of the molecule is CC(C)C(CO)NC(=O)Nc1ccc(CCc2ccccn2)cc1. The standard InChI is InChI=1S/C19H25N3O2/c1-14(2)18(13-23)22-19(24)21-17-10-7-15(8-11-17)6-9-16-5-3-4-12-20-16/h3-5,7-8,10-12,14,18,23H,6,9,13H2,1-2H3,(H2,21,22,24). The third kappa shape index (κ3) is 5.66. The fourth-order valence-corrected chi connectivity index (χ4v) is 2.33. The van der Waals surface area contributed by atoms with Gasteiger partial charge in [0.15, 0.2) is 0 Å². The van der Waals surface area contributed by atoms with Crippen molar-refractivity contribution in [1.82, 2.24) is 10.3 Å². The quantitative estimate of drug-likeness (QED) is 0.732. The number of aromatic nitrogens is 1. The van der Waals surface area contributed by atoms with E-state index in [-0.39, 0.29) is 24.6 Å². The van der Waals surface area contributed by atoms with E-state index in [1.165, 1.54) is 5.56 Å². The molecule has 3 N–H and O–H groups in total. The predicted molar refractivity (Wildman–Crippen MR) is 96.0 cm³/mol. The Morgan fingerprint density at radius 3 is 2.46 bits per heavy atom. The van der Waals surface area contributed by atoms with Gasteiger partial charge in [-0.1, -0.05) is 32.0 Å². The third-order valence-electron chi connectivity index (χ3n) is 3.93. The summed E-state index contributed by atoms with van der Waals surface area (Å²) in [5, 5.41) is 14.8. The van der Waals surface area contributed by atoms with Crippen LogP contribution in [0.25, 0.3) is 0 Å². The molecule has 1 aromatic heterocycles. The van der Waals surface area contributed by atoms with Crippen LogP contribution >= 0.6 is 0 Å². The lowest BCUT2D eigenvalue weighted by Crippen LogP contribution is -2.43. The molecular weight excluding hydrogens is 302 g/mol. The number of hydrogen-bond donors (Lipinski definition) is 3. The molecule has 0 aliphatic carbocycles. The number of benzene rings is 1. The molecule has 1 atom stereocenters. The highest BCUT2D eigenvalue weighted by atomic mass is 16.3. The Bertz CT molecular complexity index is 627. The number of pyridine rings is 1. The Labute approximate surface area is 143 Å². The van der Waals surface area contributed by atoms with E-state index in [1.807, 2.05) is 56.3 Å². The lowest BCUT2D eigenvalue weighted by molar-refractivity contribution is 0.204. The molecule has 5 nitrogen and oxygen atoms in total. The van der Waals surface area contributed by atoms with Crippen LogP contribution in [-0.2, 0) is 12.8 Å². The summed E-state index contributed by atoms with van der Waals surface area (Å²) in [6.45, 7) is 3.84. The van der Waals surface area contributed by atoms with E-state index in [4.69, 9.17) is 0 Å². The molecule has 5 heteroatoms. The Balaban J connectivity index is 1.84. The van der Waals surface area contributed by atoms with Crippen LogP contribution in [0.5, 0.6) is 0 Å². The number of carbonyl (C=O) groups is 1. The van der Waals surface area contributed by atoms with Gasteiger partial charge in [-0.05, 0) is 48.6 Å². The van der Waals surface area contributed by atoms with Gasteiger partial charge in [-0.2, -0.15) is 0 Å². The van der Waals surface area contributed by atoms with Gasteiger partial charge in [0.1, 0.15) is 0 Å². The maximum Gasteiger partial charge on any atom is 0.319 e. The molecule has 24 heavy (non-hydrogen) atoms. The Morgan fingerprint density at radius 1 is 1.12 bits per heavy atom. The minimum absolute atomic E-state index is 0.0719. The monoisotopic (exact) mass is 327 g/mol. The van der Waals surface area contributed by atoms with Gasteiger partial charge in [0, 0.05) is 17.6 Å². The number of nitrogens with one attached hydrogen (secondary N) is 2. The zero-order chi connectivity index (χ0) is 17.4. The minimum Gasteiger partial charge on any atom is -0.394 e. The largest absolute Gasteiger partial charge is 0.394 e. The van der Waals surface area contributed by atoms with Gasteiger partial charge in [-0.3, -0.25) is 4.98 Å². The summed E-state index contributed by atoms with van der Waals surface area (Å²) >= 11 is 0. The van der Waals surface area contributed by atoms with Crippen LogP contribution < -0.4 is 10.6 Å². The van der Waals surface area contributed by atoms with Gasteiger partial charge < -0.3 is 15.7 Å². The number of nitrogens with zero attached hydrogens (tertiary/aromatic N) is 1. The molecule has 0 radical (unpaired) electrons. The van der Waals surface area contributed by atoms with Gasteiger partial charge in [-0.25, -0.2) is 4.79 Å². The second-order valence-corrected chi connectivity index (χ2v) is 6.15. The van der Waals surface area contributed by atoms with E-state index in [9.17, 15) is 9.90 Å². The molecule has 0 aliphatic rings. The molecule has 1 heterocycles. The van der Waals surface area contributed by atoms with Crippen LogP contribution in [0.1, 0.15) is 25.1 Å². The Kier molecular flexibility index (Phi) is 6.75. The van der Waals surface area contributed by atoms with Crippen molar-refractivity contribution >= 4 is 11.7 Å². The lowest BCUT2D eigenvalue weighted by atomic mass is 10.1. The lowest BCUT2D eigenvalue weighted by Gasteiger charge is -2.20. The number of hydrogen-bond acceptors (Lipinski definition) is 3. The molecule has 1 aromatic carbocycles. The number of aliphatic hydroxyl groups is 1. The molecule has 2 amide bonds. The Hall–Kier alpha value is -2.40. The van der Waals surface area contributed by atoms with Crippen LogP contribution in [0.15, 0.2) is 48.7 Å². The van der Waals surface area contributed by atoms with Crippen LogP contribution in [0, 0.1) is 5.92 Å². The van der Waals surface area contributed by atoms with Gasteiger partial charge in [0.25, 0.3) is 0 Å². The van der Waals surface area contributed by atoms with Gasteiger partial charge in [-0.15, -0.1) is 0 Å².